The molecule has 12 heteroatoms. The number of halogens is 3. The lowest BCUT2D eigenvalue weighted by atomic mass is 9.97. The molecule has 0 spiro atoms. The fourth-order valence-electron chi connectivity index (χ4n) is 4.56. The number of aryl methyl sites for hydroxylation is 1. The molecule has 4 aromatic rings. The largest absolute Gasteiger partial charge is 0.453 e. The van der Waals surface area contributed by atoms with E-state index in [0.717, 1.165) is 22.9 Å². The van der Waals surface area contributed by atoms with Crippen molar-refractivity contribution in [3.05, 3.63) is 59.4 Å². The first kappa shape index (κ1) is 20.9. The number of thioether (sulfide) groups is 1. The summed E-state index contributed by atoms with van der Waals surface area (Å²) in [5.41, 5.74) is 1.90. The van der Waals surface area contributed by atoms with Crippen molar-refractivity contribution in [2.75, 3.05) is 0 Å². The Hall–Kier alpha value is -3.67. The third-order valence-corrected chi connectivity index (χ3v) is 7.13. The van der Waals surface area contributed by atoms with Crippen LogP contribution in [0.3, 0.4) is 0 Å². The molecule has 1 saturated heterocycles. The predicted octanol–water partition coefficient (Wildman–Crippen LogP) is 4.47. The van der Waals surface area contributed by atoms with Gasteiger partial charge in [0.1, 0.15) is 11.0 Å². The van der Waals surface area contributed by atoms with E-state index in [1.807, 2.05) is 6.07 Å². The number of ether oxygens (including phenoxy) is 1. The molecule has 1 unspecified atom stereocenters. The summed E-state index contributed by atoms with van der Waals surface area (Å²) in [6.45, 7) is 0. The van der Waals surface area contributed by atoms with E-state index in [1.165, 1.54) is 0 Å². The molecule has 1 fully saturated rings. The second-order valence-electron chi connectivity index (χ2n) is 8.03. The first-order chi connectivity index (χ1) is 16.3. The molecule has 8 nitrogen and oxygen atoms in total. The van der Waals surface area contributed by atoms with Crippen molar-refractivity contribution in [1.29, 1.82) is 0 Å². The van der Waals surface area contributed by atoms with E-state index >= 15 is 0 Å². The number of hydrogen-bond donors (Lipinski definition) is 1. The van der Waals surface area contributed by atoms with Crippen molar-refractivity contribution >= 4 is 39.3 Å². The fraction of sp³-hybridized carbons (Fsp3) is 0.227. The summed E-state index contributed by atoms with van der Waals surface area (Å²) in [7, 11) is 0. The number of aromatic nitrogens is 4. The maximum atomic E-state index is 13.4. The number of benzene rings is 2. The van der Waals surface area contributed by atoms with Gasteiger partial charge in [-0.3, -0.25) is 14.9 Å². The topological polar surface area (TPSA) is 98.5 Å². The lowest BCUT2D eigenvalue weighted by Crippen LogP contribution is -2.27. The lowest BCUT2D eigenvalue weighted by Gasteiger charge is -2.16. The molecule has 1 N–H and O–H groups in total. The smallest absolute Gasteiger partial charge is 0.437 e. The summed E-state index contributed by atoms with van der Waals surface area (Å²) in [5.74, 6) is -1.23. The van der Waals surface area contributed by atoms with Crippen LogP contribution in [0.15, 0.2) is 42.5 Å². The first-order valence-corrected chi connectivity index (χ1v) is 11.2. The van der Waals surface area contributed by atoms with Gasteiger partial charge < -0.3 is 4.74 Å². The number of amides is 2. The molecule has 172 valence electrons. The zero-order valence-corrected chi connectivity index (χ0v) is 18.0. The number of fused-ring (bicyclic) bond motifs is 4. The lowest BCUT2D eigenvalue weighted by molar-refractivity contribution is -0.146. The molecule has 0 bridgehead atoms. The highest BCUT2D eigenvalue weighted by molar-refractivity contribution is 8.15. The van der Waals surface area contributed by atoms with Crippen LogP contribution in [0.25, 0.3) is 16.4 Å². The molecule has 2 aliphatic rings. The number of hydrogen-bond acceptors (Lipinski definition) is 7. The molecular weight excluding hydrogens is 471 g/mol. The molecule has 2 amide bonds. The van der Waals surface area contributed by atoms with Crippen molar-refractivity contribution in [2.24, 2.45) is 0 Å². The number of carbonyl (C=O) groups is 2. The SMILES string of the molecule is O=C1NC(=O)C([C@@H]2CCc3cc(Oc4nn5c(C(F)(F)F)nnc5c5ccccc45)ccc32)S1. The third kappa shape index (κ3) is 3.28. The first-order valence-electron chi connectivity index (χ1n) is 10.3. The van der Waals surface area contributed by atoms with Gasteiger partial charge in [-0.25, -0.2) is 0 Å². The second kappa shape index (κ2) is 7.42. The normalized spacial score (nSPS) is 20.2. The number of rotatable bonds is 3. The number of nitrogens with zero attached hydrogens (tertiary/aromatic N) is 4. The summed E-state index contributed by atoms with van der Waals surface area (Å²) in [4.78, 5) is 23.7. The van der Waals surface area contributed by atoms with Crippen LogP contribution in [0.4, 0.5) is 18.0 Å². The monoisotopic (exact) mass is 485 g/mol. The second-order valence-corrected chi connectivity index (χ2v) is 9.14. The van der Waals surface area contributed by atoms with Gasteiger partial charge in [-0.15, -0.1) is 15.3 Å². The quantitative estimate of drug-likeness (QED) is 0.457. The highest BCUT2D eigenvalue weighted by Gasteiger charge is 2.41. The van der Waals surface area contributed by atoms with E-state index in [0.29, 0.717) is 33.9 Å². The molecule has 3 heterocycles. The number of imide groups is 1. The van der Waals surface area contributed by atoms with Gasteiger partial charge in [-0.2, -0.15) is 17.7 Å². The number of nitrogens with one attached hydrogen (secondary N) is 1. The highest BCUT2D eigenvalue weighted by Crippen LogP contribution is 2.44. The average Bonchev–Trinajstić information content (AvgIpc) is 3.49. The van der Waals surface area contributed by atoms with Gasteiger partial charge in [0, 0.05) is 16.7 Å². The maximum Gasteiger partial charge on any atom is 0.453 e. The van der Waals surface area contributed by atoms with Gasteiger partial charge >= 0.3 is 6.18 Å². The Bertz CT molecular complexity index is 1500. The molecule has 0 radical (unpaired) electrons. The van der Waals surface area contributed by atoms with E-state index in [2.05, 4.69) is 20.6 Å². The van der Waals surface area contributed by atoms with E-state index in [1.54, 1.807) is 36.4 Å². The summed E-state index contributed by atoms with van der Waals surface area (Å²) < 4.78 is 46.9. The molecule has 0 saturated carbocycles. The highest BCUT2D eigenvalue weighted by atomic mass is 32.2. The van der Waals surface area contributed by atoms with Crippen molar-refractivity contribution in [1.82, 2.24) is 25.1 Å². The zero-order valence-electron chi connectivity index (χ0n) is 17.2. The Balaban J connectivity index is 1.39. The van der Waals surface area contributed by atoms with Gasteiger partial charge in [0.2, 0.25) is 11.8 Å². The van der Waals surface area contributed by atoms with Crippen LogP contribution in [0.5, 0.6) is 11.6 Å². The summed E-state index contributed by atoms with van der Waals surface area (Å²) in [5, 5.41) is 13.5. The van der Waals surface area contributed by atoms with Crippen molar-refractivity contribution in [3.8, 4) is 11.6 Å². The average molecular weight is 485 g/mol. The van der Waals surface area contributed by atoms with Gasteiger partial charge in [0.25, 0.3) is 11.1 Å². The van der Waals surface area contributed by atoms with Gasteiger partial charge in [0.15, 0.2) is 5.65 Å². The fourth-order valence-corrected chi connectivity index (χ4v) is 5.56. The van der Waals surface area contributed by atoms with Crippen molar-refractivity contribution < 1.29 is 27.5 Å². The van der Waals surface area contributed by atoms with Crippen LogP contribution < -0.4 is 10.1 Å². The Morgan fingerprint density at radius 2 is 1.88 bits per heavy atom. The third-order valence-electron chi connectivity index (χ3n) is 6.02. The van der Waals surface area contributed by atoms with Gasteiger partial charge in [0.05, 0.1) is 0 Å². The van der Waals surface area contributed by atoms with E-state index in [4.69, 9.17) is 4.74 Å². The number of alkyl halides is 3. The van der Waals surface area contributed by atoms with Crippen molar-refractivity contribution in [3.63, 3.8) is 0 Å². The molecule has 2 aromatic heterocycles. The van der Waals surface area contributed by atoms with Gasteiger partial charge in [-0.1, -0.05) is 36.0 Å². The minimum Gasteiger partial charge on any atom is -0.437 e. The van der Waals surface area contributed by atoms with Crippen LogP contribution in [0.2, 0.25) is 0 Å². The molecule has 1 aliphatic carbocycles. The van der Waals surface area contributed by atoms with Crippen LogP contribution in [0, 0.1) is 0 Å². The molecule has 2 atom stereocenters. The van der Waals surface area contributed by atoms with Gasteiger partial charge in [-0.05, 0) is 42.2 Å². The maximum absolute atomic E-state index is 13.4. The van der Waals surface area contributed by atoms with E-state index in [9.17, 15) is 22.8 Å². The summed E-state index contributed by atoms with van der Waals surface area (Å²) in [6, 6.07) is 12.1. The Labute approximate surface area is 193 Å². The standard InChI is InChI=1S/C22H14F3N5O3S/c23-22(24,25)20-28-27-17-14-3-1-2-4-15(14)19(29-30(17)20)33-11-6-8-12-10(9-11)5-7-13(12)16-18(31)26-21(32)34-16/h1-4,6,8-9,13,16H,5,7H2,(H,26,31,32)/t13-,16?/m1/s1. The predicted molar refractivity (Wildman–Crippen MR) is 116 cm³/mol. The van der Waals surface area contributed by atoms with Crippen LogP contribution in [0.1, 0.15) is 29.3 Å². The minimum absolute atomic E-state index is 0.0146. The Morgan fingerprint density at radius 1 is 1.09 bits per heavy atom. The molecule has 6 rings (SSSR count). The molecular formula is C22H14F3N5O3S. The van der Waals surface area contributed by atoms with Crippen LogP contribution in [-0.4, -0.2) is 36.2 Å². The molecule has 1 aliphatic heterocycles. The van der Waals surface area contributed by atoms with Crippen molar-refractivity contribution in [2.45, 2.75) is 30.2 Å². The van der Waals surface area contributed by atoms with Crippen LogP contribution in [-0.2, 0) is 17.4 Å². The summed E-state index contributed by atoms with van der Waals surface area (Å²) >= 11 is 1.00. The summed E-state index contributed by atoms with van der Waals surface area (Å²) in [6.07, 6.45) is -3.34. The van der Waals surface area contributed by atoms with Crippen LogP contribution >= 0.6 is 11.8 Å². The zero-order chi connectivity index (χ0) is 23.6. The minimum atomic E-state index is -4.74. The van der Waals surface area contributed by atoms with E-state index in [-0.39, 0.29) is 28.6 Å². The number of carbonyl (C=O) groups excluding carboxylic acids is 2. The van der Waals surface area contributed by atoms with E-state index < -0.39 is 17.3 Å². The Kier molecular flexibility index (Phi) is 4.56. The Morgan fingerprint density at radius 3 is 2.62 bits per heavy atom. The molecule has 34 heavy (non-hydrogen) atoms. The molecule has 2 aromatic carbocycles.